The Balaban J connectivity index is 2.15. The highest BCUT2D eigenvalue weighted by Gasteiger charge is 2.27. The largest absolute Gasteiger partial charge is 0.467 e. The number of hydrogen-bond donors (Lipinski definition) is 1. The van der Waals surface area contributed by atoms with Crippen molar-refractivity contribution in [3.63, 3.8) is 0 Å². The Bertz CT molecular complexity index is 635. The second kappa shape index (κ2) is 7.31. The molecule has 1 atom stereocenters. The van der Waals surface area contributed by atoms with Crippen LogP contribution in [0.2, 0.25) is 0 Å². The summed E-state index contributed by atoms with van der Waals surface area (Å²) in [7, 11) is 2.45. The number of carbonyl (C=O) groups is 2. The SMILES string of the molecule is COC(=O)N[C@H](C(=O)OC)c1ccc(Cc2ccccc2)o1. The predicted octanol–water partition coefficient (Wildman–Crippen LogP) is 2.44. The summed E-state index contributed by atoms with van der Waals surface area (Å²) in [6.07, 6.45) is -0.149. The molecule has 2 aromatic rings. The van der Waals surface area contributed by atoms with Crippen molar-refractivity contribution in [2.75, 3.05) is 14.2 Å². The maximum Gasteiger partial charge on any atom is 0.407 e. The first-order chi connectivity index (χ1) is 10.6. The van der Waals surface area contributed by atoms with Crippen molar-refractivity contribution in [2.45, 2.75) is 12.5 Å². The van der Waals surface area contributed by atoms with Crippen LogP contribution in [0.4, 0.5) is 4.79 Å². The molecule has 0 saturated heterocycles. The number of benzene rings is 1. The van der Waals surface area contributed by atoms with Gasteiger partial charge >= 0.3 is 12.1 Å². The normalized spacial score (nSPS) is 11.5. The number of alkyl carbamates (subject to hydrolysis) is 1. The van der Waals surface area contributed by atoms with Crippen LogP contribution in [0.15, 0.2) is 46.9 Å². The van der Waals surface area contributed by atoms with E-state index in [2.05, 4.69) is 14.8 Å². The van der Waals surface area contributed by atoms with Crippen LogP contribution >= 0.6 is 0 Å². The second-order valence-electron chi connectivity index (χ2n) is 4.56. The molecule has 0 fully saturated rings. The van der Waals surface area contributed by atoms with Crippen LogP contribution in [0.1, 0.15) is 23.1 Å². The molecule has 0 aliphatic heterocycles. The number of esters is 1. The predicted molar refractivity (Wildman–Crippen MR) is 78.3 cm³/mol. The third-order valence-corrected chi connectivity index (χ3v) is 3.07. The summed E-state index contributed by atoms with van der Waals surface area (Å²) in [5.74, 6) is 0.343. The zero-order chi connectivity index (χ0) is 15.9. The van der Waals surface area contributed by atoms with E-state index in [9.17, 15) is 9.59 Å². The second-order valence-corrected chi connectivity index (χ2v) is 4.56. The van der Waals surface area contributed by atoms with Crippen molar-refractivity contribution >= 4 is 12.1 Å². The molecule has 6 heteroatoms. The van der Waals surface area contributed by atoms with E-state index >= 15 is 0 Å². The number of ether oxygens (including phenoxy) is 2. The van der Waals surface area contributed by atoms with Crippen molar-refractivity contribution in [3.05, 3.63) is 59.5 Å². The van der Waals surface area contributed by atoms with Gasteiger partial charge in [-0.1, -0.05) is 30.3 Å². The van der Waals surface area contributed by atoms with Crippen LogP contribution in [-0.2, 0) is 20.7 Å². The summed E-state index contributed by atoms with van der Waals surface area (Å²) in [6.45, 7) is 0. The van der Waals surface area contributed by atoms with Crippen LogP contribution < -0.4 is 5.32 Å². The smallest absolute Gasteiger partial charge is 0.407 e. The van der Waals surface area contributed by atoms with Gasteiger partial charge in [-0.2, -0.15) is 0 Å². The molecule has 1 heterocycles. The van der Waals surface area contributed by atoms with Crippen LogP contribution in [-0.4, -0.2) is 26.3 Å². The standard InChI is InChI=1S/C16H17NO5/c1-20-15(18)14(17-16(19)21-2)13-9-8-12(22-13)10-11-6-4-3-5-7-11/h3-9,14H,10H2,1-2H3,(H,17,19)/t14-/m0/s1. The summed E-state index contributed by atoms with van der Waals surface area (Å²) < 4.78 is 14.8. The molecule has 22 heavy (non-hydrogen) atoms. The lowest BCUT2D eigenvalue weighted by molar-refractivity contribution is -0.143. The van der Waals surface area contributed by atoms with Crippen molar-refractivity contribution in [3.8, 4) is 0 Å². The van der Waals surface area contributed by atoms with Gasteiger partial charge in [0, 0.05) is 6.42 Å². The first-order valence-corrected chi connectivity index (χ1v) is 6.69. The summed E-state index contributed by atoms with van der Waals surface area (Å²) >= 11 is 0. The number of hydrogen-bond acceptors (Lipinski definition) is 5. The van der Waals surface area contributed by atoms with Gasteiger partial charge in [-0.05, 0) is 17.7 Å². The molecular weight excluding hydrogens is 286 g/mol. The molecule has 0 aliphatic rings. The van der Waals surface area contributed by atoms with Crippen molar-refractivity contribution in [1.82, 2.24) is 5.32 Å². The molecule has 0 unspecified atom stereocenters. The highest BCUT2D eigenvalue weighted by Crippen LogP contribution is 2.20. The molecule has 2 rings (SSSR count). The minimum Gasteiger partial charge on any atom is -0.467 e. The van der Waals surface area contributed by atoms with Gasteiger partial charge in [0.2, 0.25) is 0 Å². The minimum absolute atomic E-state index is 0.295. The Kier molecular flexibility index (Phi) is 5.19. The fourth-order valence-electron chi connectivity index (χ4n) is 1.98. The molecule has 1 aromatic carbocycles. The molecule has 1 N–H and O–H groups in total. The Labute approximate surface area is 128 Å². The topological polar surface area (TPSA) is 77.8 Å². The maximum absolute atomic E-state index is 11.8. The Morgan fingerprint density at radius 1 is 1.09 bits per heavy atom. The molecule has 0 aliphatic carbocycles. The maximum atomic E-state index is 11.8. The lowest BCUT2D eigenvalue weighted by Gasteiger charge is -2.13. The average molecular weight is 303 g/mol. The van der Waals surface area contributed by atoms with Gasteiger partial charge in [-0.3, -0.25) is 0 Å². The van der Waals surface area contributed by atoms with E-state index in [0.29, 0.717) is 17.9 Å². The van der Waals surface area contributed by atoms with E-state index in [-0.39, 0.29) is 0 Å². The minimum atomic E-state index is -1.04. The summed E-state index contributed by atoms with van der Waals surface area (Å²) in [4.78, 5) is 23.1. The molecule has 0 saturated carbocycles. The number of amides is 1. The van der Waals surface area contributed by atoms with E-state index in [1.165, 1.54) is 14.2 Å². The molecular formula is C16H17NO5. The Morgan fingerprint density at radius 3 is 2.45 bits per heavy atom. The van der Waals surface area contributed by atoms with Crippen molar-refractivity contribution in [2.24, 2.45) is 0 Å². The van der Waals surface area contributed by atoms with Gasteiger partial charge in [-0.25, -0.2) is 9.59 Å². The van der Waals surface area contributed by atoms with Crippen LogP contribution in [0.3, 0.4) is 0 Å². The van der Waals surface area contributed by atoms with Crippen molar-refractivity contribution in [1.29, 1.82) is 0 Å². The van der Waals surface area contributed by atoms with Gasteiger partial charge in [0.15, 0.2) is 6.04 Å². The van der Waals surface area contributed by atoms with Crippen molar-refractivity contribution < 1.29 is 23.5 Å². The van der Waals surface area contributed by atoms with Gasteiger partial charge in [-0.15, -0.1) is 0 Å². The zero-order valence-corrected chi connectivity index (χ0v) is 12.4. The Morgan fingerprint density at radius 2 is 1.82 bits per heavy atom. The molecule has 1 aromatic heterocycles. The van der Waals surface area contributed by atoms with Gasteiger partial charge in [0.05, 0.1) is 14.2 Å². The summed E-state index contributed by atoms with van der Waals surface area (Å²) in [6, 6.07) is 12.1. The number of carbonyl (C=O) groups excluding carboxylic acids is 2. The van der Waals surface area contributed by atoms with Crippen LogP contribution in [0.25, 0.3) is 0 Å². The van der Waals surface area contributed by atoms with E-state index in [1.807, 2.05) is 30.3 Å². The van der Waals surface area contributed by atoms with Gasteiger partial charge < -0.3 is 19.2 Å². The van der Waals surface area contributed by atoms with E-state index < -0.39 is 18.1 Å². The third kappa shape index (κ3) is 3.88. The van der Waals surface area contributed by atoms with E-state index in [0.717, 1.165) is 5.56 Å². The fourth-order valence-corrected chi connectivity index (χ4v) is 1.98. The lowest BCUT2D eigenvalue weighted by atomic mass is 10.1. The highest BCUT2D eigenvalue weighted by molar-refractivity contribution is 5.81. The monoisotopic (exact) mass is 303 g/mol. The quantitative estimate of drug-likeness (QED) is 0.858. The molecule has 1 amide bonds. The fraction of sp³-hybridized carbons (Fsp3) is 0.250. The van der Waals surface area contributed by atoms with Gasteiger partial charge in [0.1, 0.15) is 11.5 Å². The molecule has 6 nitrogen and oxygen atoms in total. The zero-order valence-electron chi connectivity index (χ0n) is 12.4. The number of furan rings is 1. The number of nitrogens with one attached hydrogen (secondary N) is 1. The van der Waals surface area contributed by atoms with Crippen LogP contribution in [0.5, 0.6) is 0 Å². The summed E-state index contributed by atoms with van der Waals surface area (Å²) in [5, 5.41) is 2.38. The van der Waals surface area contributed by atoms with Crippen LogP contribution in [0, 0.1) is 0 Å². The molecule has 0 radical (unpaired) electrons. The Hall–Kier alpha value is -2.76. The third-order valence-electron chi connectivity index (χ3n) is 3.07. The molecule has 0 spiro atoms. The van der Waals surface area contributed by atoms with E-state index in [4.69, 9.17) is 4.42 Å². The first kappa shape index (κ1) is 15.6. The average Bonchev–Trinajstić information content (AvgIpc) is 3.00. The summed E-state index contributed by atoms with van der Waals surface area (Å²) in [5.41, 5.74) is 1.08. The highest BCUT2D eigenvalue weighted by atomic mass is 16.5. The molecule has 116 valence electrons. The lowest BCUT2D eigenvalue weighted by Crippen LogP contribution is -2.34. The number of rotatable bonds is 5. The number of methoxy groups -OCH3 is 2. The van der Waals surface area contributed by atoms with Gasteiger partial charge in [0.25, 0.3) is 0 Å². The van der Waals surface area contributed by atoms with E-state index in [1.54, 1.807) is 12.1 Å². The first-order valence-electron chi connectivity index (χ1n) is 6.69. The molecule has 0 bridgehead atoms.